The number of amides is 1. The molecular weight excluding hydrogens is 461 g/mol. The van der Waals surface area contributed by atoms with Crippen LogP contribution in [-0.2, 0) is 14.3 Å². The van der Waals surface area contributed by atoms with Crippen LogP contribution in [0.25, 0.3) is 0 Å². The van der Waals surface area contributed by atoms with Gasteiger partial charge in [-0.05, 0) is 44.0 Å². The summed E-state index contributed by atoms with van der Waals surface area (Å²) in [5, 5.41) is 7.43. The second kappa shape index (κ2) is 10.7. The van der Waals surface area contributed by atoms with Crippen LogP contribution in [0.5, 0.6) is 0 Å². The van der Waals surface area contributed by atoms with Gasteiger partial charge in [-0.1, -0.05) is 59.6 Å². The second-order valence-corrected chi connectivity index (χ2v) is 9.15. The molecule has 33 heavy (non-hydrogen) atoms. The number of rotatable bonds is 6. The normalized spacial score (nSPS) is 21.1. The number of hydrogen-bond acceptors (Lipinski definition) is 5. The van der Waals surface area contributed by atoms with E-state index < -0.39 is 0 Å². The topological polar surface area (TPSA) is 62.2 Å². The van der Waals surface area contributed by atoms with Crippen LogP contribution in [0, 0.1) is 5.92 Å². The van der Waals surface area contributed by atoms with E-state index in [2.05, 4.69) is 0 Å². The van der Waals surface area contributed by atoms with E-state index in [1.807, 2.05) is 53.4 Å². The van der Waals surface area contributed by atoms with Gasteiger partial charge in [0.2, 0.25) is 0 Å². The summed E-state index contributed by atoms with van der Waals surface area (Å²) in [7, 11) is 0. The maximum Gasteiger partial charge on any atom is 0.310 e. The fourth-order valence-corrected chi connectivity index (χ4v) is 5.01. The second-order valence-electron chi connectivity index (χ2n) is 8.33. The van der Waals surface area contributed by atoms with Gasteiger partial charge in [0.05, 0.1) is 30.8 Å². The predicted molar refractivity (Wildman–Crippen MR) is 129 cm³/mol. The smallest absolute Gasteiger partial charge is 0.310 e. The van der Waals surface area contributed by atoms with Gasteiger partial charge in [0.15, 0.2) is 0 Å². The van der Waals surface area contributed by atoms with Crippen molar-refractivity contribution >= 4 is 40.8 Å². The summed E-state index contributed by atoms with van der Waals surface area (Å²) in [5.74, 6) is -0.526. The van der Waals surface area contributed by atoms with Gasteiger partial charge >= 0.3 is 5.97 Å². The molecule has 4 rings (SSSR count). The lowest BCUT2D eigenvalue weighted by Gasteiger charge is -2.32. The van der Waals surface area contributed by atoms with E-state index in [9.17, 15) is 9.59 Å². The van der Waals surface area contributed by atoms with Crippen LogP contribution in [0.3, 0.4) is 0 Å². The number of piperidine rings is 1. The molecule has 2 atom stereocenters. The predicted octanol–water partition coefficient (Wildman–Crippen LogP) is 4.95. The molecule has 2 aliphatic rings. The first kappa shape index (κ1) is 23.7. The Labute approximate surface area is 204 Å². The van der Waals surface area contributed by atoms with Crippen molar-refractivity contribution in [3.05, 3.63) is 69.7 Å². The molecule has 6 nitrogen and oxygen atoms in total. The summed E-state index contributed by atoms with van der Waals surface area (Å²) in [6, 6.07) is 14.7. The molecule has 2 heterocycles. The summed E-state index contributed by atoms with van der Waals surface area (Å²) < 4.78 is 5.19. The van der Waals surface area contributed by atoms with Crippen LogP contribution in [-0.4, -0.2) is 53.7 Å². The van der Waals surface area contributed by atoms with Crippen molar-refractivity contribution in [3.8, 4) is 0 Å². The van der Waals surface area contributed by atoms with Gasteiger partial charge in [0, 0.05) is 28.6 Å². The number of hydrazone groups is 1. The largest absolute Gasteiger partial charge is 0.466 e. The van der Waals surface area contributed by atoms with Crippen molar-refractivity contribution in [3.63, 3.8) is 0 Å². The van der Waals surface area contributed by atoms with Crippen LogP contribution < -0.4 is 0 Å². The molecule has 0 bridgehead atoms. The molecule has 2 aliphatic heterocycles. The van der Waals surface area contributed by atoms with E-state index >= 15 is 0 Å². The monoisotopic (exact) mass is 487 g/mol. The molecule has 0 spiro atoms. The Hall–Kier alpha value is -2.41. The third kappa shape index (κ3) is 5.40. The van der Waals surface area contributed by atoms with Gasteiger partial charge in [-0.15, -0.1) is 0 Å². The first-order chi connectivity index (χ1) is 16.0. The number of ether oxygens (including phenoxy) is 1. The highest BCUT2D eigenvalue weighted by molar-refractivity contribution is 6.34. The Morgan fingerprint density at radius 2 is 1.82 bits per heavy atom. The van der Waals surface area contributed by atoms with E-state index in [-0.39, 0.29) is 30.4 Å². The number of carbonyl (C=O) groups excluding carboxylic acids is 2. The lowest BCUT2D eigenvalue weighted by molar-refractivity contribution is -0.150. The first-order valence-corrected chi connectivity index (χ1v) is 12.0. The third-order valence-corrected chi connectivity index (χ3v) is 6.77. The van der Waals surface area contributed by atoms with Gasteiger partial charge in [-0.25, -0.2) is 5.01 Å². The first-order valence-electron chi connectivity index (χ1n) is 11.3. The fraction of sp³-hybridized carbons (Fsp3) is 0.400. The molecule has 1 saturated heterocycles. The summed E-state index contributed by atoms with van der Waals surface area (Å²) in [5.41, 5.74) is 2.41. The van der Waals surface area contributed by atoms with Crippen molar-refractivity contribution in [2.45, 2.75) is 32.2 Å². The van der Waals surface area contributed by atoms with Crippen molar-refractivity contribution in [2.24, 2.45) is 11.0 Å². The summed E-state index contributed by atoms with van der Waals surface area (Å²) in [4.78, 5) is 27.7. The maximum absolute atomic E-state index is 13.5. The molecule has 1 fully saturated rings. The standard InChI is InChI=1S/C25H27Cl2N3O3/c1-2-33-25(32)17-8-7-13-29(15-17)16-24(31)30-23(19-10-4-6-12-21(19)27)14-22(28-30)18-9-3-5-11-20(18)26/h3-6,9-12,17,23H,2,7-8,13-16H2,1H3. The summed E-state index contributed by atoms with van der Waals surface area (Å²) in [6.45, 7) is 3.61. The van der Waals surface area contributed by atoms with Crippen LogP contribution in [0.1, 0.15) is 43.4 Å². The van der Waals surface area contributed by atoms with Gasteiger partial charge < -0.3 is 4.74 Å². The highest BCUT2D eigenvalue weighted by Gasteiger charge is 2.36. The number of carbonyl (C=O) groups is 2. The number of hydrogen-bond donors (Lipinski definition) is 0. The van der Waals surface area contributed by atoms with E-state index in [0.29, 0.717) is 29.6 Å². The number of likely N-dealkylation sites (tertiary alicyclic amines) is 1. The van der Waals surface area contributed by atoms with E-state index in [1.165, 1.54) is 5.01 Å². The minimum Gasteiger partial charge on any atom is -0.466 e. The van der Waals surface area contributed by atoms with Crippen LogP contribution in [0.15, 0.2) is 53.6 Å². The molecule has 2 unspecified atom stereocenters. The van der Waals surface area contributed by atoms with E-state index in [4.69, 9.17) is 33.0 Å². The van der Waals surface area contributed by atoms with Gasteiger partial charge in [0.25, 0.3) is 5.91 Å². The lowest BCUT2D eigenvalue weighted by atomic mass is 9.97. The van der Waals surface area contributed by atoms with Crippen LogP contribution >= 0.6 is 23.2 Å². The molecule has 0 aromatic heterocycles. The number of esters is 1. The summed E-state index contributed by atoms with van der Waals surface area (Å²) in [6.07, 6.45) is 2.15. The fourth-order valence-electron chi connectivity index (χ4n) is 4.50. The average molecular weight is 488 g/mol. The molecule has 0 aliphatic carbocycles. The molecule has 0 N–H and O–H groups in total. The lowest BCUT2D eigenvalue weighted by Crippen LogP contribution is -2.44. The van der Waals surface area contributed by atoms with Crippen molar-refractivity contribution < 1.29 is 14.3 Å². The molecule has 1 amide bonds. The SMILES string of the molecule is CCOC(=O)C1CCCN(CC(=O)N2N=C(c3ccccc3Cl)CC2c2ccccc2Cl)C1. The minimum atomic E-state index is -0.317. The molecular formula is C25H27Cl2N3O3. The Bertz CT molecular complexity index is 1060. The van der Waals surface area contributed by atoms with E-state index in [1.54, 1.807) is 6.92 Å². The number of nitrogens with zero attached hydrogens (tertiary/aromatic N) is 3. The minimum absolute atomic E-state index is 0.133. The highest BCUT2D eigenvalue weighted by atomic mass is 35.5. The third-order valence-electron chi connectivity index (χ3n) is 6.10. The Morgan fingerprint density at radius 1 is 1.09 bits per heavy atom. The quantitative estimate of drug-likeness (QED) is 0.540. The molecule has 2 aromatic carbocycles. The number of benzene rings is 2. The molecule has 8 heteroatoms. The van der Waals surface area contributed by atoms with Crippen LogP contribution in [0.2, 0.25) is 10.0 Å². The molecule has 0 radical (unpaired) electrons. The average Bonchev–Trinajstić information content (AvgIpc) is 3.25. The molecule has 0 saturated carbocycles. The number of halogens is 2. The van der Waals surface area contributed by atoms with Gasteiger partial charge in [0.1, 0.15) is 0 Å². The van der Waals surface area contributed by atoms with Crippen LogP contribution in [0.4, 0.5) is 0 Å². The zero-order valence-electron chi connectivity index (χ0n) is 18.5. The highest BCUT2D eigenvalue weighted by Crippen LogP contribution is 2.37. The van der Waals surface area contributed by atoms with Gasteiger partial charge in [-0.2, -0.15) is 5.10 Å². The van der Waals surface area contributed by atoms with Crippen molar-refractivity contribution in [1.82, 2.24) is 9.91 Å². The zero-order chi connectivity index (χ0) is 23.4. The summed E-state index contributed by atoms with van der Waals surface area (Å²) >= 11 is 12.9. The molecule has 174 valence electrons. The Balaban J connectivity index is 1.56. The maximum atomic E-state index is 13.5. The van der Waals surface area contributed by atoms with Crippen molar-refractivity contribution in [2.75, 3.05) is 26.2 Å². The van der Waals surface area contributed by atoms with E-state index in [0.717, 1.165) is 36.2 Å². The Kier molecular flexibility index (Phi) is 7.68. The molecule has 2 aromatic rings. The van der Waals surface area contributed by atoms with Gasteiger partial charge in [-0.3, -0.25) is 14.5 Å². The zero-order valence-corrected chi connectivity index (χ0v) is 20.1. The Morgan fingerprint density at radius 3 is 2.55 bits per heavy atom. The van der Waals surface area contributed by atoms with Crippen molar-refractivity contribution in [1.29, 1.82) is 0 Å².